The second-order valence-corrected chi connectivity index (χ2v) is 10.8. The highest BCUT2D eigenvalue weighted by molar-refractivity contribution is 8.16. The Morgan fingerprint density at radius 1 is 0.953 bits per heavy atom. The summed E-state index contributed by atoms with van der Waals surface area (Å²) in [7, 11) is 3.26. The number of aliphatic imine (C=N–C) groups is 1. The molecule has 9 nitrogen and oxygen atoms in total. The van der Waals surface area contributed by atoms with Crippen LogP contribution in [0.4, 0.5) is 11.5 Å². The molecule has 3 aromatic carbocycles. The van der Waals surface area contributed by atoms with Crippen LogP contribution in [0.1, 0.15) is 18.2 Å². The first kappa shape index (κ1) is 27.9. The third-order valence-electron chi connectivity index (χ3n) is 6.94. The Morgan fingerprint density at radius 3 is 2.28 bits per heavy atom. The molecule has 2 aromatic heterocycles. The molecular weight excluding hydrogens is 562 g/mol. The molecule has 5 aromatic rings. The quantitative estimate of drug-likeness (QED) is 0.205. The predicted molar refractivity (Wildman–Crippen MR) is 171 cm³/mol. The number of anilines is 1. The molecule has 1 aliphatic heterocycles. The Hall–Kier alpha value is -5.22. The summed E-state index contributed by atoms with van der Waals surface area (Å²) >= 11 is 1.12. The number of amidine groups is 1. The average Bonchev–Trinajstić information content (AvgIpc) is 3.60. The van der Waals surface area contributed by atoms with E-state index in [1.807, 2.05) is 97.1 Å². The first-order chi connectivity index (χ1) is 20.9. The number of carbonyl (C=O) groups is 2. The number of rotatable bonds is 8. The first-order valence-corrected chi connectivity index (χ1v) is 14.3. The van der Waals surface area contributed by atoms with Crippen LogP contribution in [0.5, 0.6) is 11.5 Å². The lowest BCUT2D eigenvalue weighted by atomic mass is 10.0. The highest BCUT2D eigenvalue weighted by Crippen LogP contribution is 2.38. The van der Waals surface area contributed by atoms with E-state index in [1.165, 1.54) is 11.8 Å². The third kappa shape index (κ3) is 5.64. The van der Waals surface area contributed by atoms with Crippen molar-refractivity contribution in [3.8, 4) is 22.6 Å². The SMILES string of the molecule is COc1ccc(/C=C/c2cc(-c3ccc(OC)cc3)c3c(N=C4SC(C(C)=O)C(=O)N4c4ccccc4)n[nH]c3n2)cc1. The van der Waals surface area contributed by atoms with E-state index < -0.39 is 5.25 Å². The highest BCUT2D eigenvalue weighted by atomic mass is 32.2. The second kappa shape index (κ2) is 11.9. The minimum atomic E-state index is -0.877. The van der Waals surface area contributed by atoms with Gasteiger partial charge in [-0.2, -0.15) is 5.10 Å². The molecule has 1 fully saturated rings. The number of aromatic nitrogens is 3. The van der Waals surface area contributed by atoms with E-state index >= 15 is 0 Å². The molecule has 1 N–H and O–H groups in total. The van der Waals surface area contributed by atoms with Gasteiger partial charge in [0.25, 0.3) is 5.91 Å². The molecule has 43 heavy (non-hydrogen) atoms. The molecule has 0 saturated carbocycles. The van der Waals surface area contributed by atoms with E-state index in [0.717, 1.165) is 40.0 Å². The number of hydrogen-bond donors (Lipinski definition) is 1. The summed E-state index contributed by atoms with van der Waals surface area (Å²) in [6.07, 6.45) is 3.91. The summed E-state index contributed by atoms with van der Waals surface area (Å²) in [5.74, 6) is 1.31. The van der Waals surface area contributed by atoms with Crippen molar-refractivity contribution in [1.82, 2.24) is 15.2 Å². The topological polar surface area (TPSA) is 110 Å². The lowest BCUT2D eigenvalue weighted by molar-refractivity contribution is -0.124. The second-order valence-electron chi connectivity index (χ2n) is 9.71. The molecule has 1 saturated heterocycles. The number of amides is 1. The van der Waals surface area contributed by atoms with E-state index in [4.69, 9.17) is 19.5 Å². The van der Waals surface area contributed by atoms with Crippen LogP contribution < -0.4 is 14.4 Å². The highest BCUT2D eigenvalue weighted by Gasteiger charge is 2.42. The number of benzene rings is 3. The van der Waals surface area contributed by atoms with Crippen molar-refractivity contribution in [1.29, 1.82) is 0 Å². The molecule has 6 rings (SSSR count). The average molecular weight is 590 g/mol. The van der Waals surface area contributed by atoms with Crippen molar-refractivity contribution in [2.75, 3.05) is 19.1 Å². The van der Waals surface area contributed by atoms with Gasteiger partial charge in [0, 0.05) is 0 Å². The summed E-state index contributed by atoms with van der Waals surface area (Å²) in [5, 5.41) is 7.71. The number of nitrogens with one attached hydrogen (secondary N) is 1. The van der Waals surface area contributed by atoms with Gasteiger partial charge in [-0.15, -0.1) is 0 Å². The van der Waals surface area contributed by atoms with Crippen molar-refractivity contribution in [3.63, 3.8) is 0 Å². The van der Waals surface area contributed by atoms with Crippen LogP contribution in [0, 0.1) is 0 Å². The molecular formula is C33H27N5O4S. The van der Waals surface area contributed by atoms with Crippen molar-refractivity contribution in [2.45, 2.75) is 12.2 Å². The standard InChI is InChI=1S/C33H27N5O4S/c1-20(39)29-32(40)38(24-7-5-4-6-8-24)33(43-29)35-31-28-27(22-12-17-26(42-3)18-13-22)19-23(34-30(28)36-37-31)14-9-21-10-15-25(41-2)16-11-21/h4-19,29H,1-3H3,(H,34,36,37)/b14-9+,35-33?. The van der Waals surface area contributed by atoms with Crippen molar-refractivity contribution < 1.29 is 19.1 Å². The number of methoxy groups -OCH3 is 2. The molecule has 0 spiro atoms. The van der Waals surface area contributed by atoms with E-state index in [0.29, 0.717) is 33.4 Å². The minimum Gasteiger partial charge on any atom is -0.497 e. The molecule has 214 valence electrons. The zero-order valence-corrected chi connectivity index (χ0v) is 24.5. The van der Waals surface area contributed by atoms with Crippen LogP contribution in [-0.4, -0.2) is 51.5 Å². The number of aromatic amines is 1. The molecule has 1 atom stereocenters. The van der Waals surface area contributed by atoms with Gasteiger partial charge in [-0.05, 0) is 72.2 Å². The van der Waals surface area contributed by atoms with Crippen LogP contribution in [0.3, 0.4) is 0 Å². The third-order valence-corrected chi connectivity index (χ3v) is 8.19. The number of nitrogens with zero attached hydrogens (tertiary/aromatic N) is 4. The van der Waals surface area contributed by atoms with E-state index in [9.17, 15) is 9.59 Å². The van der Waals surface area contributed by atoms with Crippen LogP contribution in [0.25, 0.3) is 34.3 Å². The van der Waals surface area contributed by atoms with Gasteiger partial charge in [-0.1, -0.05) is 60.3 Å². The number of ketones is 1. The van der Waals surface area contributed by atoms with Gasteiger partial charge in [0.15, 0.2) is 22.4 Å². The van der Waals surface area contributed by atoms with E-state index in [1.54, 1.807) is 14.2 Å². The Balaban J connectivity index is 1.47. The summed E-state index contributed by atoms with van der Waals surface area (Å²) < 4.78 is 10.6. The monoisotopic (exact) mass is 589 g/mol. The number of H-pyrrole nitrogens is 1. The number of ether oxygens (including phenoxy) is 2. The molecule has 10 heteroatoms. The van der Waals surface area contributed by atoms with Crippen LogP contribution >= 0.6 is 11.8 Å². The van der Waals surface area contributed by atoms with Gasteiger partial charge >= 0.3 is 0 Å². The summed E-state index contributed by atoms with van der Waals surface area (Å²) in [4.78, 5) is 36.8. The van der Waals surface area contributed by atoms with Crippen LogP contribution in [0.15, 0.2) is 89.9 Å². The van der Waals surface area contributed by atoms with E-state index in [2.05, 4.69) is 10.2 Å². The molecule has 1 amide bonds. The molecule has 3 heterocycles. The van der Waals surface area contributed by atoms with Gasteiger partial charge in [-0.3, -0.25) is 19.6 Å². The maximum atomic E-state index is 13.3. The number of pyridine rings is 1. The number of carbonyl (C=O) groups excluding carboxylic acids is 2. The lowest BCUT2D eigenvalue weighted by Gasteiger charge is -2.16. The molecule has 0 aliphatic carbocycles. The Bertz CT molecular complexity index is 1870. The smallest absolute Gasteiger partial charge is 0.254 e. The van der Waals surface area contributed by atoms with Gasteiger partial charge in [0.05, 0.1) is 31.0 Å². The number of thioether (sulfide) groups is 1. The van der Waals surface area contributed by atoms with E-state index in [-0.39, 0.29) is 11.7 Å². The van der Waals surface area contributed by atoms with Gasteiger partial charge in [-0.25, -0.2) is 9.98 Å². The van der Waals surface area contributed by atoms with Gasteiger partial charge < -0.3 is 9.47 Å². The summed E-state index contributed by atoms with van der Waals surface area (Å²) in [5.41, 5.74) is 4.62. The van der Waals surface area contributed by atoms with Crippen LogP contribution in [-0.2, 0) is 9.59 Å². The number of hydrogen-bond acceptors (Lipinski definition) is 8. The maximum absolute atomic E-state index is 13.3. The van der Waals surface area contributed by atoms with Gasteiger partial charge in [0.2, 0.25) is 0 Å². The zero-order valence-electron chi connectivity index (χ0n) is 23.6. The largest absolute Gasteiger partial charge is 0.497 e. The molecule has 1 aliphatic rings. The predicted octanol–water partition coefficient (Wildman–Crippen LogP) is 6.54. The number of fused-ring (bicyclic) bond motifs is 1. The fourth-order valence-corrected chi connectivity index (χ4v) is 5.78. The minimum absolute atomic E-state index is 0.234. The summed E-state index contributed by atoms with van der Waals surface area (Å²) in [6, 6.07) is 26.6. The normalized spacial score (nSPS) is 16.0. The van der Waals surface area contributed by atoms with Crippen molar-refractivity contribution in [3.05, 3.63) is 96.2 Å². The van der Waals surface area contributed by atoms with Crippen molar-refractivity contribution >= 4 is 63.3 Å². The Kier molecular flexibility index (Phi) is 7.76. The Morgan fingerprint density at radius 2 is 1.63 bits per heavy atom. The summed E-state index contributed by atoms with van der Waals surface area (Å²) in [6.45, 7) is 1.41. The lowest BCUT2D eigenvalue weighted by Crippen LogP contribution is -2.34. The Labute approximate surface area is 252 Å². The van der Waals surface area contributed by atoms with Gasteiger partial charge in [0.1, 0.15) is 16.7 Å². The molecule has 0 radical (unpaired) electrons. The van der Waals surface area contributed by atoms with Crippen LogP contribution in [0.2, 0.25) is 0 Å². The number of Topliss-reactive ketones (excluding diaryl/α,β-unsaturated/α-hetero) is 1. The zero-order chi connectivity index (χ0) is 29.9. The fraction of sp³-hybridized carbons (Fsp3) is 0.121. The molecule has 0 bridgehead atoms. The first-order valence-electron chi connectivity index (χ1n) is 13.5. The molecule has 1 unspecified atom stereocenters. The van der Waals surface area contributed by atoms with Crippen molar-refractivity contribution in [2.24, 2.45) is 4.99 Å². The fourth-order valence-electron chi connectivity index (χ4n) is 4.75. The maximum Gasteiger partial charge on any atom is 0.254 e. The number of para-hydroxylation sites is 1.